The number of rotatable bonds is 2. The highest BCUT2D eigenvalue weighted by Crippen LogP contribution is 2.41. The van der Waals surface area contributed by atoms with Crippen molar-refractivity contribution >= 4 is 51.6 Å². The second-order valence-electron chi connectivity index (χ2n) is 6.11. The number of para-hydroxylation sites is 2. The molecular weight excluding hydrogens is 359 g/mol. The maximum absolute atomic E-state index is 13.1. The Bertz CT molecular complexity index is 1010. The van der Waals surface area contributed by atoms with Gasteiger partial charge in [0.05, 0.1) is 21.7 Å². The van der Waals surface area contributed by atoms with E-state index in [0.717, 1.165) is 21.4 Å². The molecule has 1 atom stereocenters. The van der Waals surface area contributed by atoms with Crippen molar-refractivity contribution in [3.05, 3.63) is 64.3 Å². The molecule has 2 aromatic carbocycles. The number of hydrogen-bond donors (Lipinski definition) is 0. The SMILES string of the molecule is Cn1cc([C@H]2CC(=O)N(c3c(Cl)cccc3Cl)C2=O)c2ccccc21. The molecule has 4 nitrogen and oxygen atoms in total. The molecule has 3 aromatic rings. The summed E-state index contributed by atoms with van der Waals surface area (Å²) < 4.78 is 1.97. The van der Waals surface area contributed by atoms with E-state index < -0.39 is 5.92 Å². The Hall–Kier alpha value is -2.30. The number of carbonyl (C=O) groups excluding carboxylic acids is 2. The fraction of sp³-hybridized carbons (Fsp3) is 0.158. The number of fused-ring (bicyclic) bond motifs is 1. The Morgan fingerprint density at radius 1 is 1.00 bits per heavy atom. The minimum absolute atomic E-state index is 0.106. The van der Waals surface area contributed by atoms with Crippen LogP contribution in [0.25, 0.3) is 10.9 Å². The zero-order valence-electron chi connectivity index (χ0n) is 13.4. The van der Waals surface area contributed by atoms with Crippen LogP contribution < -0.4 is 4.90 Å². The third-order valence-electron chi connectivity index (χ3n) is 4.61. The van der Waals surface area contributed by atoms with Gasteiger partial charge in [-0.15, -0.1) is 0 Å². The van der Waals surface area contributed by atoms with E-state index in [2.05, 4.69) is 0 Å². The molecule has 1 saturated heterocycles. The molecule has 4 rings (SSSR count). The number of benzene rings is 2. The molecule has 0 radical (unpaired) electrons. The molecule has 2 amide bonds. The van der Waals surface area contributed by atoms with Crippen LogP contribution in [0.2, 0.25) is 10.0 Å². The number of hydrogen-bond acceptors (Lipinski definition) is 2. The van der Waals surface area contributed by atoms with Crippen LogP contribution in [0.3, 0.4) is 0 Å². The molecule has 0 bridgehead atoms. The predicted molar refractivity (Wildman–Crippen MR) is 99.2 cm³/mol. The van der Waals surface area contributed by atoms with E-state index in [1.165, 1.54) is 0 Å². The Morgan fingerprint density at radius 2 is 1.68 bits per heavy atom. The molecule has 1 aliphatic heterocycles. The number of amides is 2. The average Bonchev–Trinajstić information content (AvgIpc) is 3.06. The third-order valence-corrected chi connectivity index (χ3v) is 5.22. The molecule has 0 spiro atoms. The number of halogens is 2. The number of anilines is 1. The topological polar surface area (TPSA) is 42.3 Å². The molecule has 2 heterocycles. The first-order chi connectivity index (χ1) is 12.0. The molecule has 6 heteroatoms. The van der Waals surface area contributed by atoms with Crippen molar-refractivity contribution in [1.82, 2.24) is 4.57 Å². The second kappa shape index (κ2) is 5.90. The molecule has 1 aromatic heterocycles. The maximum atomic E-state index is 13.1. The van der Waals surface area contributed by atoms with Crippen LogP contribution in [0.5, 0.6) is 0 Å². The third kappa shape index (κ3) is 2.44. The van der Waals surface area contributed by atoms with Crippen molar-refractivity contribution in [2.75, 3.05) is 4.90 Å². The Morgan fingerprint density at radius 3 is 2.40 bits per heavy atom. The Labute approximate surface area is 154 Å². The van der Waals surface area contributed by atoms with E-state index in [0.29, 0.717) is 0 Å². The van der Waals surface area contributed by atoms with Gasteiger partial charge < -0.3 is 4.57 Å². The van der Waals surface area contributed by atoms with Crippen molar-refractivity contribution in [2.24, 2.45) is 7.05 Å². The molecule has 25 heavy (non-hydrogen) atoms. The van der Waals surface area contributed by atoms with Gasteiger partial charge in [0.2, 0.25) is 11.8 Å². The van der Waals surface area contributed by atoms with Gasteiger partial charge in [-0.1, -0.05) is 47.5 Å². The van der Waals surface area contributed by atoms with Crippen LogP contribution in [0, 0.1) is 0 Å². The van der Waals surface area contributed by atoms with Crippen molar-refractivity contribution in [1.29, 1.82) is 0 Å². The van der Waals surface area contributed by atoms with Crippen LogP contribution >= 0.6 is 23.2 Å². The van der Waals surface area contributed by atoms with Crippen molar-refractivity contribution in [3.63, 3.8) is 0 Å². The number of imide groups is 1. The molecule has 126 valence electrons. The highest BCUT2D eigenvalue weighted by molar-refractivity contribution is 6.42. The van der Waals surface area contributed by atoms with Crippen molar-refractivity contribution in [3.8, 4) is 0 Å². The lowest BCUT2D eigenvalue weighted by Crippen LogP contribution is -2.30. The maximum Gasteiger partial charge on any atom is 0.242 e. The van der Waals surface area contributed by atoms with E-state index in [9.17, 15) is 9.59 Å². The summed E-state index contributed by atoms with van der Waals surface area (Å²) in [6.45, 7) is 0. The molecule has 0 N–H and O–H groups in total. The van der Waals surface area contributed by atoms with Gasteiger partial charge in [-0.2, -0.15) is 0 Å². The van der Waals surface area contributed by atoms with Gasteiger partial charge in [0, 0.05) is 30.6 Å². The normalized spacial score (nSPS) is 17.7. The van der Waals surface area contributed by atoms with Gasteiger partial charge in [0.15, 0.2) is 0 Å². The summed E-state index contributed by atoms with van der Waals surface area (Å²) in [5, 5.41) is 1.55. The lowest BCUT2D eigenvalue weighted by atomic mass is 9.97. The van der Waals surface area contributed by atoms with Gasteiger partial charge in [-0.05, 0) is 23.8 Å². The Kier molecular flexibility index (Phi) is 3.82. The van der Waals surface area contributed by atoms with E-state index in [4.69, 9.17) is 23.2 Å². The summed E-state index contributed by atoms with van der Waals surface area (Å²) in [5.41, 5.74) is 2.14. The van der Waals surface area contributed by atoms with Crippen LogP contribution in [0.1, 0.15) is 17.9 Å². The fourth-order valence-corrected chi connectivity index (χ4v) is 4.03. The highest BCUT2D eigenvalue weighted by Gasteiger charge is 2.42. The lowest BCUT2D eigenvalue weighted by molar-refractivity contribution is -0.121. The largest absolute Gasteiger partial charge is 0.350 e. The van der Waals surface area contributed by atoms with Crippen molar-refractivity contribution in [2.45, 2.75) is 12.3 Å². The van der Waals surface area contributed by atoms with E-state index >= 15 is 0 Å². The van der Waals surface area contributed by atoms with Crippen LogP contribution in [-0.4, -0.2) is 16.4 Å². The molecule has 1 fully saturated rings. The first-order valence-corrected chi connectivity index (χ1v) is 8.59. The van der Waals surface area contributed by atoms with Gasteiger partial charge >= 0.3 is 0 Å². The smallest absolute Gasteiger partial charge is 0.242 e. The van der Waals surface area contributed by atoms with E-state index in [1.54, 1.807) is 18.2 Å². The minimum atomic E-state index is -0.536. The molecule has 0 unspecified atom stereocenters. The number of nitrogens with zero attached hydrogens (tertiary/aromatic N) is 2. The summed E-state index contributed by atoms with van der Waals surface area (Å²) in [6, 6.07) is 12.8. The zero-order valence-corrected chi connectivity index (χ0v) is 14.9. The average molecular weight is 373 g/mol. The van der Waals surface area contributed by atoms with E-state index in [1.807, 2.05) is 42.1 Å². The fourth-order valence-electron chi connectivity index (χ4n) is 3.46. The van der Waals surface area contributed by atoms with Gasteiger partial charge in [0.25, 0.3) is 0 Å². The molecule has 0 aliphatic carbocycles. The van der Waals surface area contributed by atoms with Gasteiger partial charge in [-0.3, -0.25) is 9.59 Å². The summed E-state index contributed by atoms with van der Waals surface area (Å²) >= 11 is 12.4. The van der Waals surface area contributed by atoms with E-state index in [-0.39, 0.29) is 34.0 Å². The van der Waals surface area contributed by atoms with Crippen LogP contribution in [0.15, 0.2) is 48.7 Å². The summed E-state index contributed by atoms with van der Waals surface area (Å²) in [7, 11) is 1.93. The van der Waals surface area contributed by atoms with Crippen LogP contribution in [-0.2, 0) is 16.6 Å². The van der Waals surface area contributed by atoms with Gasteiger partial charge in [0.1, 0.15) is 0 Å². The van der Waals surface area contributed by atoms with Crippen LogP contribution in [0.4, 0.5) is 5.69 Å². The van der Waals surface area contributed by atoms with Gasteiger partial charge in [-0.25, -0.2) is 4.90 Å². The standard InChI is InChI=1S/C19H14Cl2N2O2/c1-22-10-13(11-5-2-3-8-16(11)22)12-9-17(24)23(19(12)25)18-14(20)6-4-7-15(18)21/h2-8,10,12H,9H2,1H3/t12-/m1/s1. The second-order valence-corrected chi connectivity index (χ2v) is 6.92. The molecule has 1 aliphatic rings. The first-order valence-electron chi connectivity index (χ1n) is 7.84. The highest BCUT2D eigenvalue weighted by atomic mass is 35.5. The number of aromatic nitrogens is 1. The quantitative estimate of drug-likeness (QED) is 0.620. The van der Waals surface area contributed by atoms with Crippen molar-refractivity contribution < 1.29 is 9.59 Å². The Balaban J connectivity index is 1.82. The zero-order chi connectivity index (χ0) is 17.7. The molecular formula is C19H14Cl2N2O2. The number of carbonyl (C=O) groups is 2. The minimum Gasteiger partial charge on any atom is -0.350 e. The summed E-state index contributed by atoms with van der Waals surface area (Å²) in [5.74, 6) is -1.12. The summed E-state index contributed by atoms with van der Waals surface area (Å²) in [4.78, 5) is 26.8. The number of aryl methyl sites for hydroxylation is 1. The predicted octanol–water partition coefficient (Wildman–Crippen LogP) is 4.53. The summed E-state index contributed by atoms with van der Waals surface area (Å²) in [6.07, 6.45) is 2.02. The first kappa shape index (κ1) is 16.2. The lowest BCUT2D eigenvalue weighted by Gasteiger charge is -2.17. The monoisotopic (exact) mass is 372 g/mol. The molecule has 0 saturated carbocycles.